The molecule has 2 unspecified atom stereocenters. The molecule has 2 atom stereocenters. The van der Waals surface area contributed by atoms with Crippen LogP contribution in [0, 0.1) is 17.2 Å². The van der Waals surface area contributed by atoms with Crippen LogP contribution in [-0.4, -0.2) is 80.8 Å². The van der Waals surface area contributed by atoms with Crippen LogP contribution in [0.3, 0.4) is 0 Å². The van der Waals surface area contributed by atoms with Crippen LogP contribution in [0.2, 0.25) is 0 Å². The van der Waals surface area contributed by atoms with Crippen LogP contribution < -0.4 is 0 Å². The number of carbonyl (C=O) groups is 1. The van der Waals surface area contributed by atoms with Gasteiger partial charge >= 0.3 is 0 Å². The lowest BCUT2D eigenvalue weighted by atomic mass is 9.88. The summed E-state index contributed by atoms with van der Waals surface area (Å²) in [6.45, 7) is 4.90. The molecule has 0 aliphatic carbocycles. The molecule has 2 heterocycles. The summed E-state index contributed by atoms with van der Waals surface area (Å²) in [4.78, 5) is 25.4. The number of nitrogens with one attached hydrogen (secondary N) is 1. The van der Waals surface area contributed by atoms with Gasteiger partial charge < -0.3 is 25.2 Å². The summed E-state index contributed by atoms with van der Waals surface area (Å²) in [6, 6.07) is 2.46. The fourth-order valence-corrected chi connectivity index (χ4v) is 3.57. The van der Waals surface area contributed by atoms with Crippen molar-refractivity contribution in [2.24, 2.45) is 15.9 Å². The average Bonchev–Trinajstić information content (AvgIpc) is 3.07. The number of aromatic amines is 1. The Balaban J connectivity index is 2.45. The van der Waals surface area contributed by atoms with Gasteiger partial charge in [-0.1, -0.05) is 6.92 Å². The van der Waals surface area contributed by atoms with Crippen molar-refractivity contribution in [3.63, 3.8) is 0 Å². The molecule has 10 nitrogen and oxygen atoms in total. The number of nitriles is 1. The van der Waals surface area contributed by atoms with Crippen molar-refractivity contribution in [2.45, 2.75) is 31.7 Å². The SMILES string of the molecule is C=Nc1[nH]ccc1C(=NCO)N(C)C1C(C)CCN(C(=O)CC#N)C1(O)O. The first-order valence-electron chi connectivity index (χ1n) is 8.44. The number of rotatable bonds is 5. The molecule has 146 valence electrons. The molecular formula is C17H24N6O4. The van der Waals surface area contributed by atoms with Crippen molar-refractivity contribution in [1.29, 1.82) is 5.26 Å². The first-order valence-corrected chi connectivity index (χ1v) is 8.44. The Hall–Kier alpha value is -2.74. The summed E-state index contributed by atoms with van der Waals surface area (Å²) < 4.78 is 0. The largest absolute Gasteiger partial charge is 0.374 e. The number of aliphatic hydroxyl groups is 3. The smallest absolute Gasteiger partial charge is 0.270 e. The van der Waals surface area contributed by atoms with E-state index in [1.54, 1.807) is 25.4 Å². The fourth-order valence-electron chi connectivity index (χ4n) is 3.57. The molecule has 1 amide bonds. The Morgan fingerprint density at radius 2 is 2.30 bits per heavy atom. The quantitative estimate of drug-likeness (QED) is 0.317. The van der Waals surface area contributed by atoms with E-state index in [4.69, 9.17) is 5.26 Å². The number of amidine groups is 1. The number of aliphatic imine (C=N–C) groups is 2. The van der Waals surface area contributed by atoms with E-state index in [-0.39, 0.29) is 18.3 Å². The Bertz CT molecular complexity index is 766. The normalized spacial score (nSPS) is 22.2. The first kappa shape index (κ1) is 20.6. The van der Waals surface area contributed by atoms with Gasteiger partial charge in [-0.3, -0.25) is 9.69 Å². The van der Waals surface area contributed by atoms with E-state index in [0.29, 0.717) is 17.8 Å². The molecule has 0 radical (unpaired) electrons. The van der Waals surface area contributed by atoms with E-state index >= 15 is 0 Å². The number of hydrogen-bond acceptors (Lipinski definition) is 7. The highest BCUT2D eigenvalue weighted by Gasteiger charge is 2.51. The van der Waals surface area contributed by atoms with E-state index in [2.05, 4.69) is 21.7 Å². The summed E-state index contributed by atoms with van der Waals surface area (Å²) in [5.41, 5.74) is 0.519. The number of likely N-dealkylation sites (N-methyl/N-ethyl adjacent to an activating group) is 1. The van der Waals surface area contributed by atoms with Crippen LogP contribution in [0.1, 0.15) is 25.3 Å². The topological polar surface area (TPSA) is 149 Å². The zero-order chi connectivity index (χ0) is 20.2. The average molecular weight is 376 g/mol. The molecule has 1 aliphatic rings. The van der Waals surface area contributed by atoms with Crippen LogP contribution >= 0.6 is 0 Å². The zero-order valence-electron chi connectivity index (χ0n) is 15.3. The van der Waals surface area contributed by atoms with Crippen molar-refractivity contribution in [1.82, 2.24) is 14.8 Å². The van der Waals surface area contributed by atoms with Gasteiger partial charge in [0.1, 0.15) is 30.8 Å². The zero-order valence-corrected chi connectivity index (χ0v) is 15.3. The molecule has 0 bridgehead atoms. The summed E-state index contributed by atoms with van der Waals surface area (Å²) in [7, 11) is 1.59. The van der Waals surface area contributed by atoms with Crippen LogP contribution in [0.4, 0.5) is 5.82 Å². The summed E-state index contributed by atoms with van der Waals surface area (Å²) in [5.74, 6) is -2.73. The third kappa shape index (κ3) is 3.85. The summed E-state index contributed by atoms with van der Waals surface area (Å²) in [5, 5.41) is 39.8. The van der Waals surface area contributed by atoms with Gasteiger partial charge in [0.15, 0.2) is 0 Å². The number of piperidine rings is 1. The van der Waals surface area contributed by atoms with E-state index in [1.165, 1.54) is 4.90 Å². The van der Waals surface area contributed by atoms with Crippen LogP contribution in [-0.2, 0) is 4.79 Å². The number of amides is 1. The number of carbonyl (C=O) groups excluding carboxylic acids is 1. The first-order chi connectivity index (χ1) is 12.8. The highest BCUT2D eigenvalue weighted by Crippen LogP contribution is 2.34. The van der Waals surface area contributed by atoms with E-state index < -0.39 is 31.0 Å². The highest BCUT2D eigenvalue weighted by atomic mass is 16.5. The lowest BCUT2D eigenvalue weighted by molar-refractivity contribution is -0.302. The van der Waals surface area contributed by atoms with Crippen LogP contribution in [0.5, 0.6) is 0 Å². The van der Waals surface area contributed by atoms with Gasteiger partial charge in [-0.2, -0.15) is 5.26 Å². The second kappa shape index (κ2) is 8.30. The molecule has 1 aromatic rings. The molecule has 0 aromatic carbocycles. The molecule has 1 saturated heterocycles. The maximum absolute atomic E-state index is 12.2. The van der Waals surface area contributed by atoms with Crippen molar-refractivity contribution < 1.29 is 20.1 Å². The van der Waals surface area contributed by atoms with Gasteiger partial charge in [-0.05, 0) is 25.1 Å². The molecule has 1 aliphatic heterocycles. The molecular weight excluding hydrogens is 352 g/mol. The van der Waals surface area contributed by atoms with E-state index in [0.717, 1.165) is 4.90 Å². The standard InChI is InChI=1S/C17H24N6O4/c1-11-6-9-23(13(25)4-7-18)17(26,27)14(11)22(3)16(21-10-24)12-5-8-20-15(12)19-2/h5,8,11,14,20,24,26-27H,2,4,6,9-10H2,1,3H3. The minimum Gasteiger partial charge on any atom is -0.374 e. The van der Waals surface area contributed by atoms with Gasteiger partial charge in [0.25, 0.3) is 5.91 Å². The second-order valence-electron chi connectivity index (χ2n) is 6.41. The number of aromatic nitrogens is 1. The third-order valence-electron chi connectivity index (χ3n) is 4.77. The summed E-state index contributed by atoms with van der Waals surface area (Å²) in [6.07, 6.45) is 1.67. The Kier molecular flexibility index (Phi) is 6.32. The van der Waals surface area contributed by atoms with E-state index in [9.17, 15) is 20.1 Å². The van der Waals surface area contributed by atoms with Gasteiger partial charge in [0.2, 0.25) is 5.91 Å². The van der Waals surface area contributed by atoms with Gasteiger partial charge in [-0.25, -0.2) is 9.98 Å². The van der Waals surface area contributed by atoms with Crippen molar-refractivity contribution in [2.75, 3.05) is 20.3 Å². The Morgan fingerprint density at radius 1 is 1.59 bits per heavy atom. The number of hydrogen-bond donors (Lipinski definition) is 4. The maximum atomic E-state index is 12.2. The maximum Gasteiger partial charge on any atom is 0.270 e. The number of aliphatic hydroxyl groups excluding tert-OH is 1. The highest BCUT2D eigenvalue weighted by molar-refractivity contribution is 6.02. The predicted molar refractivity (Wildman–Crippen MR) is 98.1 cm³/mol. The predicted octanol–water partition coefficient (Wildman–Crippen LogP) is -0.236. The molecule has 2 rings (SSSR count). The molecule has 0 spiro atoms. The molecule has 10 heteroatoms. The Labute approximate surface area is 157 Å². The lowest BCUT2D eigenvalue weighted by Gasteiger charge is -2.50. The molecule has 1 fully saturated rings. The summed E-state index contributed by atoms with van der Waals surface area (Å²) >= 11 is 0. The van der Waals surface area contributed by atoms with Crippen molar-refractivity contribution in [3.05, 3.63) is 17.8 Å². The van der Waals surface area contributed by atoms with Gasteiger partial charge in [0, 0.05) is 19.8 Å². The lowest BCUT2D eigenvalue weighted by Crippen LogP contribution is -2.69. The van der Waals surface area contributed by atoms with Crippen molar-refractivity contribution in [3.8, 4) is 6.07 Å². The monoisotopic (exact) mass is 376 g/mol. The molecule has 0 saturated carbocycles. The molecule has 1 aromatic heterocycles. The molecule has 27 heavy (non-hydrogen) atoms. The molecule has 4 N–H and O–H groups in total. The van der Waals surface area contributed by atoms with Gasteiger partial charge in [-0.15, -0.1) is 0 Å². The fraction of sp³-hybridized carbons (Fsp3) is 0.529. The van der Waals surface area contributed by atoms with Gasteiger partial charge in [0.05, 0.1) is 11.6 Å². The number of nitrogens with zero attached hydrogens (tertiary/aromatic N) is 5. The second-order valence-corrected chi connectivity index (χ2v) is 6.41. The van der Waals surface area contributed by atoms with E-state index in [1.807, 2.05) is 6.92 Å². The minimum absolute atomic E-state index is 0.120. The van der Waals surface area contributed by atoms with Crippen LogP contribution in [0.25, 0.3) is 0 Å². The third-order valence-corrected chi connectivity index (χ3v) is 4.77. The minimum atomic E-state index is -2.52. The van der Waals surface area contributed by atoms with Crippen LogP contribution in [0.15, 0.2) is 22.2 Å². The number of likely N-dealkylation sites (tertiary alicyclic amines) is 1. The van der Waals surface area contributed by atoms with Crippen molar-refractivity contribution >= 4 is 24.3 Å². The number of H-pyrrole nitrogens is 1. The Morgan fingerprint density at radius 3 is 2.89 bits per heavy atom.